The number of rotatable bonds is 5. The van der Waals surface area contributed by atoms with Crippen molar-refractivity contribution < 1.29 is 14.0 Å². The van der Waals surface area contributed by atoms with Crippen molar-refractivity contribution in [3.63, 3.8) is 0 Å². The van der Waals surface area contributed by atoms with Gasteiger partial charge in [-0.05, 0) is 51.2 Å². The molecule has 0 aliphatic heterocycles. The molecule has 1 aromatic carbocycles. The summed E-state index contributed by atoms with van der Waals surface area (Å²) in [6.07, 6.45) is 1.55. The van der Waals surface area contributed by atoms with Crippen molar-refractivity contribution in [3.8, 4) is 0 Å². The topological polar surface area (TPSA) is 75.2 Å². The van der Waals surface area contributed by atoms with Gasteiger partial charge in [-0.25, -0.2) is 4.39 Å². The lowest BCUT2D eigenvalue weighted by molar-refractivity contribution is -0.127. The second-order valence-electron chi connectivity index (χ2n) is 7.40. The summed E-state index contributed by atoms with van der Waals surface area (Å²) in [4.78, 5) is 27.5. The Morgan fingerprint density at radius 1 is 1.31 bits per heavy atom. The zero-order valence-electron chi connectivity index (χ0n) is 14.9. The highest BCUT2D eigenvalue weighted by Gasteiger charge is 2.43. The van der Waals surface area contributed by atoms with Gasteiger partial charge in [0.05, 0.1) is 0 Å². The van der Waals surface area contributed by atoms with Crippen molar-refractivity contribution >= 4 is 23.3 Å². The monoisotopic (exact) mass is 376 g/mol. The van der Waals surface area contributed by atoms with E-state index in [0.717, 1.165) is 24.4 Å². The fourth-order valence-corrected chi connectivity index (χ4v) is 3.22. The lowest BCUT2D eigenvalue weighted by atomic mass is 10.0. The van der Waals surface area contributed by atoms with Crippen molar-refractivity contribution in [3.05, 3.63) is 46.7 Å². The number of halogens is 1. The first-order valence-corrected chi connectivity index (χ1v) is 9.28. The van der Waals surface area contributed by atoms with Crippen LogP contribution in [0.4, 0.5) is 4.39 Å². The quantitative estimate of drug-likeness (QED) is 0.871. The molecule has 1 heterocycles. The van der Waals surface area contributed by atoms with Gasteiger partial charge in [0.15, 0.2) is 5.69 Å². The highest BCUT2D eigenvalue weighted by molar-refractivity contribution is 7.03. The molecule has 26 heavy (non-hydrogen) atoms. The molecule has 8 heteroatoms. The van der Waals surface area contributed by atoms with Gasteiger partial charge in [-0.1, -0.05) is 22.7 Å². The molecule has 1 aliphatic rings. The molecule has 1 saturated carbocycles. The number of aromatic nitrogens is 2. The largest absolute Gasteiger partial charge is 0.349 e. The Hall–Kier alpha value is -2.35. The Balaban J connectivity index is 2.04. The third kappa shape index (κ3) is 4.07. The van der Waals surface area contributed by atoms with E-state index in [1.165, 1.54) is 16.3 Å². The van der Waals surface area contributed by atoms with Crippen molar-refractivity contribution in [2.45, 2.75) is 51.2 Å². The van der Waals surface area contributed by atoms with Gasteiger partial charge in [0, 0.05) is 22.5 Å². The summed E-state index contributed by atoms with van der Waals surface area (Å²) in [6.45, 7) is 5.53. The van der Waals surface area contributed by atoms with Gasteiger partial charge in [0.2, 0.25) is 5.91 Å². The Kier molecular flexibility index (Phi) is 5.04. The minimum absolute atomic E-state index is 0.112. The van der Waals surface area contributed by atoms with E-state index in [1.54, 1.807) is 18.2 Å². The Labute approximate surface area is 155 Å². The van der Waals surface area contributed by atoms with Gasteiger partial charge in [-0.2, -0.15) is 0 Å². The average Bonchev–Trinajstić information content (AvgIpc) is 3.23. The first-order valence-electron chi connectivity index (χ1n) is 8.44. The maximum absolute atomic E-state index is 14.5. The maximum Gasteiger partial charge on any atom is 0.276 e. The predicted molar refractivity (Wildman–Crippen MR) is 96.1 cm³/mol. The van der Waals surface area contributed by atoms with Crippen LogP contribution in [0.1, 0.15) is 55.7 Å². The normalized spacial score (nSPS) is 15.4. The maximum atomic E-state index is 14.5. The van der Waals surface area contributed by atoms with Crippen LogP contribution in [-0.2, 0) is 4.79 Å². The molecule has 2 aromatic rings. The van der Waals surface area contributed by atoms with E-state index in [4.69, 9.17) is 0 Å². The summed E-state index contributed by atoms with van der Waals surface area (Å²) in [5.41, 5.74) is -0.161. The van der Waals surface area contributed by atoms with Gasteiger partial charge in [-0.3, -0.25) is 9.59 Å². The molecular weight excluding hydrogens is 355 g/mol. The zero-order valence-corrected chi connectivity index (χ0v) is 15.7. The smallest absolute Gasteiger partial charge is 0.276 e. The molecule has 1 atom stereocenters. The molecule has 0 bridgehead atoms. The molecule has 2 amide bonds. The summed E-state index contributed by atoms with van der Waals surface area (Å²) in [7, 11) is 0. The molecule has 3 rings (SSSR count). The van der Waals surface area contributed by atoms with Gasteiger partial charge >= 0.3 is 0 Å². The Bertz CT molecular complexity index is 800. The summed E-state index contributed by atoms with van der Waals surface area (Å²) in [6, 6.07) is 4.90. The molecule has 1 fully saturated rings. The van der Waals surface area contributed by atoms with Crippen molar-refractivity contribution in [1.82, 2.24) is 19.8 Å². The fraction of sp³-hybridized carbons (Fsp3) is 0.444. The van der Waals surface area contributed by atoms with Crippen LogP contribution in [0.3, 0.4) is 0 Å². The zero-order chi connectivity index (χ0) is 18.9. The van der Waals surface area contributed by atoms with Crippen LogP contribution >= 0.6 is 11.5 Å². The summed E-state index contributed by atoms with van der Waals surface area (Å²) in [5.74, 6) is -1.33. The summed E-state index contributed by atoms with van der Waals surface area (Å²) < 4.78 is 18.3. The summed E-state index contributed by atoms with van der Waals surface area (Å²) in [5, 5.41) is 8.25. The molecule has 1 N–H and O–H groups in total. The number of amides is 2. The second kappa shape index (κ2) is 7.11. The number of nitrogens with one attached hydrogen (secondary N) is 1. The minimum atomic E-state index is -1.06. The van der Waals surface area contributed by atoms with Crippen LogP contribution < -0.4 is 5.32 Å². The van der Waals surface area contributed by atoms with E-state index < -0.39 is 29.2 Å². The van der Waals surface area contributed by atoms with Gasteiger partial charge in [-0.15, -0.1) is 5.10 Å². The number of hydrogen-bond donors (Lipinski definition) is 1. The van der Waals surface area contributed by atoms with Gasteiger partial charge in [0.25, 0.3) is 5.91 Å². The van der Waals surface area contributed by atoms with Crippen LogP contribution in [0, 0.1) is 5.82 Å². The molecule has 138 valence electrons. The van der Waals surface area contributed by atoms with E-state index in [0.29, 0.717) is 0 Å². The lowest BCUT2D eigenvalue weighted by Gasteiger charge is -2.33. The van der Waals surface area contributed by atoms with Crippen molar-refractivity contribution in [2.75, 3.05) is 0 Å². The molecule has 0 spiro atoms. The number of carbonyl (C=O) groups excluding carboxylic acids is 2. The SMILES string of the molecule is CC(C)(C)NC(=O)C(c1ccccc1F)N(C(=O)c1csnn1)C1CC1. The number of hydrogen-bond acceptors (Lipinski definition) is 5. The molecule has 6 nitrogen and oxygen atoms in total. The third-order valence-corrected chi connectivity index (χ3v) is 4.48. The van der Waals surface area contributed by atoms with Crippen molar-refractivity contribution in [2.24, 2.45) is 0 Å². The molecule has 0 saturated heterocycles. The minimum Gasteiger partial charge on any atom is -0.349 e. The average molecular weight is 376 g/mol. The lowest BCUT2D eigenvalue weighted by Crippen LogP contribution is -2.50. The molecule has 1 aromatic heterocycles. The highest BCUT2D eigenvalue weighted by Crippen LogP contribution is 2.37. The first kappa shape index (κ1) is 18.4. The van der Waals surface area contributed by atoms with E-state index in [1.807, 2.05) is 20.8 Å². The van der Waals surface area contributed by atoms with Crippen LogP contribution in [-0.4, -0.2) is 37.9 Å². The number of carbonyl (C=O) groups is 2. The standard InChI is InChI=1S/C18H21FN4O2S/c1-18(2,3)20-16(24)15(12-6-4-5-7-13(12)19)23(11-8-9-11)17(25)14-10-26-22-21-14/h4-7,10-11,15H,8-9H2,1-3H3,(H,20,24). The third-order valence-electron chi connectivity index (χ3n) is 3.98. The number of benzene rings is 1. The van der Waals surface area contributed by atoms with Crippen LogP contribution in [0.25, 0.3) is 0 Å². The molecule has 1 unspecified atom stereocenters. The van der Waals surface area contributed by atoms with E-state index in [9.17, 15) is 14.0 Å². The summed E-state index contributed by atoms with van der Waals surface area (Å²) >= 11 is 1.06. The van der Waals surface area contributed by atoms with Crippen LogP contribution in [0.5, 0.6) is 0 Å². The fourth-order valence-electron chi connectivity index (χ4n) is 2.79. The number of nitrogens with zero attached hydrogens (tertiary/aromatic N) is 3. The van der Waals surface area contributed by atoms with Crippen molar-refractivity contribution in [1.29, 1.82) is 0 Å². The van der Waals surface area contributed by atoms with Gasteiger partial charge < -0.3 is 10.2 Å². The van der Waals surface area contributed by atoms with E-state index in [2.05, 4.69) is 14.9 Å². The van der Waals surface area contributed by atoms with E-state index in [-0.39, 0.29) is 17.3 Å². The second-order valence-corrected chi connectivity index (χ2v) is 8.01. The van der Waals surface area contributed by atoms with E-state index >= 15 is 0 Å². The molecular formula is C18H21FN4O2S. The highest BCUT2D eigenvalue weighted by atomic mass is 32.1. The van der Waals surface area contributed by atoms with Gasteiger partial charge in [0.1, 0.15) is 11.9 Å². The Morgan fingerprint density at radius 3 is 2.54 bits per heavy atom. The van der Waals surface area contributed by atoms with Crippen LogP contribution in [0.2, 0.25) is 0 Å². The molecule has 0 radical (unpaired) electrons. The molecule has 1 aliphatic carbocycles. The van der Waals surface area contributed by atoms with Crippen LogP contribution in [0.15, 0.2) is 29.6 Å². The predicted octanol–water partition coefficient (Wildman–Crippen LogP) is 2.94. The Morgan fingerprint density at radius 2 is 2.00 bits per heavy atom. The first-order chi connectivity index (χ1) is 12.3.